The molecule has 1 heterocycles. The van der Waals surface area contributed by atoms with E-state index >= 15 is 0 Å². The molecule has 0 aliphatic rings. The quantitative estimate of drug-likeness (QED) is 0.658. The number of pyridine rings is 1. The van der Waals surface area contributed by atoms with Gasteiger partial charge in [0.1, 0.15) is 5.56 Å². The van der Waals surface area contributed by atoms with Crippen LogP contribution in [0.4, 0.5) is 0 Å². The fourth-order valence-corrected chi connectivity index (χ4v) is 1.03. The molecule has 1 N–H and O–H groups in total. The Hall–Kier alpha value is -1.58. The number of rotatable bonds is 1. The van der Waals surface area contributed by atoms with E-state index in [1.165, 1.54) is 6.20 Å². The number of carbonyl (C=O) groups is 1. The molecule has 0 unspecified atom stereocenters. The molecule has 0 radical (unpaired) electrons. The molecule has 0 saturated carbocycles. The number of hydrogen-bond donors (Lipinski definition) is 1. The maximum atomic E-state index is 11.2. The molecular weight excluding hydrogens is 158 g/mol. The Bertz CT molecular complexity index is 378. The summed E-state index contributed by atoms with van der Waals surface area (Å²) in [5.74, 6) is -1.18. The first kappa shape index (κ1) is 8.52. The van der Waals surface area contributed by atoms with Gasteiger partial charge in [0.2, 0.25) is 0 Å². The molecule has 1 aromatic rings. The first-order valence-electron chi connectivity index (χ1n) is 3.42. The lowest BCUT2D eigenvalue weighted by atomic mass is 10.2. The average Bonchev–Trinajstić information content (AvgIpc) is 1.96. The van der Waals surface area contributed by atoms with E-state index < -0.39 is 11.4 Å². The van der Waals surface area contributed by atoms with Crippen LogP contribution in [-0.2, 0) is 7.05 Å². The molecule has 4 nitrogen and oxygen atoms in total. The van der Waals surface area contributed by atoms with E-state index in [2.05, 4.69) is 0 Å². The lowest BCUT2D eigenvalue weighted by Gasteiger charge is -2.01. The summed E-state index contributed by atoms with van der Waals surface area (Å²) in [6.07, 6.45) is 2.90. The molecule has 0 spiro atoms. The van der Waals surface area contributed by atoms with Crippen molar-refractivity contribution in [2.45, 2.75) is 6.92 Å². The summed E-state index contributed by atoms with van der Waals surface area (Å²) in [6, 6.07) is 0. The first-order chi connectivity index (χ1) is 5.52. The highest BCUT2D eigenvalue weighted by Gasteiger charge is 2.09. The Morgan fingerprint density at radius 1 is 1.50 bits per heavy atom. The normalized spacial score (nSPS) is 9.83. The second-order valence-corrected chi connectivity index (χ2v) is 2.65. The third kappa shape index (κ3) is 1.37. The smallest absolute Gasteiger partial charge is 0.341 e. The predicted octanol–water partition coefficient (Wildman–Crippen LogP) is 0.392. The number of aryl methyl sites for hydroxylation is 2. The molecule has 64 valence electrons. The second kappa shape index (κ2) is 2.81. The zero-order valence-corrected chi connectivity index (χ0v) is 6.87. The Morgan fingerprint density at radius 2 is 2.08 bits per heavy atom. The van der Waals surface area contributed by atoms with Gasteiger partial charge in [-0.15, -0.1) is 0 Å². The topological polar surface area (TPSA) is 59.3 Å². The van der Waals surface area contributed by atoms with Crippen LogP contribution in [0.2, 0.25) is 0 Å². The van der Waals surface area contributed by atoms with Crippen LogP contribution in [0.15, 0.2) is 17.2 Å². The summed E-state index contributed by atoms with van der Waals surface area (Å²) in [4.78, 5) is 21.7. The van der Waals surface area contributed by atoms with Gasteiger partial charge in [0.25, 0.3) is 0 Å². The van der Waals surface area contributed by atoms with E-state index in [1.807, 2.05) is 0 Å². The molecule has 0 aliphatic heterocycles. The predicted molar refractivity (Wildman–Crippen MR) is 43.4 cm³/mol. The lowest BCUT2D eigenvalue weighted by molar-refractivity contribution is 0.0694. The highest BCUT2D eigenvalue weighted by Crippen LogP contribution is 1.94. The Kier molecular flexibility index (Phi) is 1.99. The van der Waals surface area contributed by atoms with E-state index in [0.717, 1.165) is 0 Å². The van der Waals surface area contributed by atoms with Gasteiger partial charge in [-0.2, -0.15) is 0 Å². The third-order valence-electron chi connectivity index (χ3n) is 1.56. The molecule has 0 bridgehead atoms. The van der Waals surface area contributed by atoms with E-state index in [1.54, 1.807) is 24.7 Å². The summed E-state index contributed by atoms with van der Waals surface area (Å²) in [7, 11) is 1.68. The highest BCUT2D eigenvalue weighted by atomic mass is 16.4. The van der Waals surface area contributed by atoms with Gasteiger partial charge in [0.05, 0.1) is 0 Å². The lowest BCUT2D eigenvalue weighted by Crippen LogP contribution is -2.18. The van der Waals surface area contributed by atoms with Crippen molar-refractivity contribution in [1.82, 2.24) is 4.57 Å². The molecule has 0 aromatic carbocycles. The first-order valence-corrected chi connectivity index (χ1v) is 3.42. The van der Waals surface area contributed by atoms with Crippen molar-refractivity contribution < 1.29 is 9.90 Å². The van der Waals surface area contributed by atoms with Gasteiger partial charge in [-0.1, -0.05) is 0 Å². The van der Waals surface area contributed by atoms with Crippen LogP contribution in [0.1, 0.15) is 15.9 Å². The number of aromatic nitrogens is 1. The molecule has 4 heteroatoms. The summed E-state index contributed by atoms with van der Waals surface area (Å²) >= 11 is 0. The van der Waals surface area contributed by atoms with E-state index in [0.29, 0.717) is 5.56 Å². The van der Waals surface area contributed by atoms with Crippen molar-refractivity contribution in [2.75, 3.05) is 0 Å². The number of aromatic carboxylic acids is 1. The second-order valence-electron chi connectivity index (χ2n) is 2.65. The zero-order chi connectivity index (χ0) is 9.30. The minimum atomic E-state index is -1.18. The maximum Gasteiger partial charge on any atom is 0.341 e. The largest absolute Gasteiger partial charge is 0.477 e. The zero-order valence-electron chi connectivity index (χ0n) is 6.87. The van der Waals surface area contributed by atoms with Crippen molar-refractivity contribution in [2.24, 2.45) is 7.05 Å². The van der Waals surface area contributed by atoms with Gasteiger partial charge in [-0.25, -0.2) is 4.79 Å². The van der Waals surface area contributed by atoms with Crippen LogP contribution in [0.5, 0.6) is 0 Å². The fraction of sp³-hybridized carbons (Fsp3) is 0.250. The molecule has 1 rings (SSSR count). The van der Waals surface area contributed by atoms with Gasteiger partial charge in [-0.05, 0) is 6.92 Å². The van der Waals surface area contributed by atoms with Crippen LogP contribution in [0, 0.1) is 6.92 Å². The van der Waals surface area contributed by atoms with Gasteiger partial charge in [0, 0.05) is 25.0 Å². The molecule has 0 fully saturated rings. The third-order valence-corrected chi connectivity index (χ3v) is 1.56. The van der Waals surface area contributed by atoms with E-state index in [-0.39, 0.29) is 5.56 Å². The van der Waals surface area contributed by atoms with Gasteiger partial charge in [0.15, 0.2) is 5.43 Å². The Morgan fingerprint density at radius 3 is 2.58 bits per heavy atom. The maximum absolute atomic E-state index is 11.2. The molecular formula is C8H9NO3. The summed E-state index contributed by atoms with van der Waals surface area (Å²) < 4.78 is 1.56. The van der Waals surface area contributed by atoms with Gasteiger partial charge in [-0.3, -0.25) is 4.79 Å². The van der Waals surface area contributed by atoms with Crippen LogP contribution in [0.25, 0.3) is 0 Å². The number of hydrogen-bond acceptors (Lipinski definition) is 2. The number of nitrogens with zero attached hydrogens (tertiary/aromatic N) is 1. The van der Waals surface area contributed by atoms with Crippen LogP contribution in [0.3, 0.4) is 0 Å². The van der Waals surface area contributed by atoms with Crippen molar-refractivity contribution in [3.05, 3.63) is 33.7 Å². The molecule has 1 aromatic heterocycles. The number of carboxylic acids is 1. The van der Waals surface area contributed by atoms with Crippen molar-refractivity contribution >= 4 is 5.97 Å². The molecule has 0 atom stereocenters. The molecule has 12 heavy (non-hydrogen) atoms. The minimum absolute atomic E-state index is 0.183. The average molecular weight is 167 g/mol. The Balaban J connectivity index is 3.49. The van der Waals surface area contributed by atoms with Crippen LogP contribution in [-0.4, -0.2) is 15.6 Å². The van der Waals surface area contributed by atoms with Crippen molar-refractivity contribution in [3.63, 3.8) is 0 Å². The van der Waals surface area contributed by atoms with Gasteiger partial charge >= 0.3 is 5.97 Å². The molecule has 0 saturated heterocycles. The monoisotopic (exact) mass is 167 g/mol. The van der Waals surface area contributed by atoms with Crippen LogP contribution >= 0.6 is 0 Å². The minimum Gasteiger partial charge on any atom is -0.477 e. The summed E-state index contributed by atoms with van der Waals surface area (Å²) in [6.45, 7) is 1.59. The molecule has 0 aliphatic carbocycles. The summed E-state index contributed by atoms with van der Waals surface area (Å²) in [5.41, 5.74) is -0.157. The SMILES string of the molecule is Cc1cn(C)cc(C(=O)O)c1=O. The van der Waals surface area contributed by atoms with Crippen molar-refractivity contribution in [1.29, 1.82) is 0 Å². The van der Waals surface area contributed by atoms with Gasteiger partial charge < -0.3 is 9.67 Å². The standard InChI is InChI=1S/C8H9NO3/c1-5-3-9(2)4-6(7(5)10)8(11)12/h3-4H,1-2H3,(H,11,12). The van der Waals surface area contributed by atoms with Crippen molar-refractivity contribution in [3.8, 4) is 0 Å². The number of carboxylic acid groups (broad SMARTS) is 1. The van der Waals surface area contributed by atoms with E-state index in [9.17, 15) is 9.59 Å². The highest BCUT2D eigenvalue weighted by molar-refractivity contribution is 5.87. The Labute approximate surface area is 69.1 Å². The van der Waals surface area contributed by atoms with E-state index in [4.69, 9.17) is 5.11 Å². The fourth-order valence-electron chi connectivity index (χ4n) is 1.03. The van der Waals surface area contributed by atoms with Crippen LogP contribution < -0.4 is 5.43 Å². The molecule has 0 amide bonds. The summed E-state index contributed by atoms with van der Waals surface area (Å²) in [5, 5.41) is 8.60.